The van der Waals surface area contributed by atoms with Crippen molar-refractivity contribution in [2.24, 2.45) is 10.2 Å². The Morgan fingerprint density at radius 1 is 1.28 bits per heavy atom. The van der Waals surface area contributed by atoms with Crippen molar-refractivity contribution in [1.29, 1.82) is 0 Å². The molecule has 156 valence electrons. The van der Waals surface area contributed by atoms with Gasteiger partial charge in [-0.1, -0.05) is 28.4 Å². The molecule has 14 heteroatoms. The van der Waals surface area contributed by atoms with Gasteiger partial charge in [0.15, 0.2) is 6.29 Å². The molecule has 5 atom stereocenters. The molecule has 0 bridgehead atoms. The molecule has 0 unspecified atom stereocenters. The number of ether oxygens (including phenoxy) is 2. The molecule has 29 heavy (non-hydrogen) atoms. The summed E-state index contributed by atoms with van der Waals surface area (Å²) in [5, 5.41) is 9.62. The zero-order valence-electron chi connectivity index (χ0n) is 15.5. The molecule has 13 nitrogen and oxygen atoms in total. The van der Waals surface area contributed by atoms with Crippen LogP contribution in [0.15, 0.2) is 40.6 Å². The predicted octanol–water partition coefficient (Wildman–Crippen LogP) is 1.49. The van der Waals surface area contributed by atoms with E-state index in [1.54, 1.807) is 30.3 Å². The van der Waals surface area contributed by atoms with Gasteiger partial charge in [0.1, 0.15) is 6.10 Å². The first-order valence-electron chi connectivity index (χ1n) is 8.28. The molecule has 0 saturated carbocycles. The molecule has 1 fully saturated rings. The number of carbonyl (C=O) groups excluding carboxylic acids is 1. The van der Waals surface area contributed by atoms with Gasteiger partial charge in [-0.15, -0.1) is 0 Å². The number of methoxy groups -OCH3 is 1. The van der Waals surface area contributed by atoms with E-state index in [2.05, 4.69) is 25.4 Å². The van der Waals surface area contributed by atoms with Crippen LogP contribution >= 0.6 is 0 Å². The maximum Gasteiger partial charge on any atom is 0.264 e. The third-order valence-electron chi connectivity index (χ3n) is 4.03. The van der Waals surface area contributed by atoms with Gasteiger partial charge in [-0.2, -0.15) is 8.42 Å². The molecular weight excluding hydrogens is 406 g/mol. The van der Waals surface area contributed by atoms with Gasteiger partial charge in [0.05, 0.1) is 31.0 Å². The fourth-order valence-electron chi connectivity index (χ4n) is 2.88. The molecule has 1 amide bonds. The Morgan fingerprint density at radius 2 is 1.97 bits per heavy atom. The van der Waals surface area contributed by atoms with Crippen molar-refractivity contribution in [3.05, 3.63) is 56.8 Å². The van der Waals surface area contributed by atoms with Crippen LogP contribution in [0.4, 0.5) is 0 Å². The zero-order valence-corrected chi connectivity index (χ0v) is 16.3. The Morgan fingerprint density at radius 3 is 2.52 bits per heavy atom. The molecular formula is C15H19N7O6S. The van der Waals surface area contributed by atoms with E-state index >= 15 is 0 Å². The van der Waals surface area contributed by atoms with Crippen LogP contribution in [0.1, 0.15) is 10.4 Å². The van der Waals surface area contributed by atoms with E-state index < -0.39 is 46.6 Å². The summed E-state index contributed by atoms with van der Waals surface area (Å²) in [6, 6.07) is 5.87. The van der Waals surface area contributed by atoms with E-state index in [1.807, 2.05) is 0 Å². The molecule has 2 rings (SSSR count). The van der Waals surface area contributed by atoms with Gasteiger partial charge in [-0.3, -0.25) is 8.98 Å². The quantitative estimate of drug-likeness (QED) is 0.284. The summed E-state index contributed by atoms with van der Waals surface area (Å²) in [7, 11) is -2.72. The molecule has 1 aromatic carbocycles. The largest absolute Gasteiger partial charge is 0.354 e. The van der Waals surface area contributed by atoms with Crippen molar-refractivity contribution in [2.45, 2.75) is 30.6 Å². The highest BCUT2D eigenvalue weighted by molar-refractivity contribution is 7.86. The third kappa shape index (κ3) is 6.06. The van der Waals surface area contributed by atoms with Crippen LogP contribution in [-0.4, -0.2) is 64.8 Å². The SMILES string of the molecule is CO[C@@H]1O[C@@H](CN=[N+]=[N-])[C@H](OS(C)(=O)=O)[C@@H](N=[N+]=[N-])[C@@H]1NC(=O)c1ccccc1. The van der Waals surface area contributed by atoms with Crippen LogP contribution in [0, 0.1) is 0 Å². The summed E-state index contributed by atoms with van der Waals surface area (Å²) >= 11 is 0. The maximum absolute atomic E-state index is 12.6. The summed E-state index contributed by atoms with van der Waals surface area (Å²) < 4.78 is 39.4. The molecule has 1 aliphatic heterocycles. The van der Waals surface area contributed by atoms with Crippen molar-refractivity contribution in [1.82, 2.24) is 5.32 Å². The minimum Gasteiger partial charge on any atom is -0.354 e. The summed E-state index contributed by atoms with van der Waals surface area (Å²) in [6.45, 7) is -0.312. The summed E-state index contributed by atoms with van der Waals surface area (Å²) in [6.07, 6.45) is -2.79. The van der Waals surface area contributed by atoms with Crippen molar-refractivity contribution >= 4 is 16.0 Å². The summed E-state index contributed by atoms with van der Waals surface area (Å²) in [4.78, 5) is 17.9. The van der Waals surface area contributed by atoms with Crippen LogP contribution in [-0.2, 0) is 23.8 Å². The third-order valence-corrected chi connectivity index (χ3v) is 4.61. The zero-order chi connectivity index (χ0) is 21.4. The first kappa shape index (κ1) is 22.4. The molecule has 0 radical (unpaired) electrons. The fourth-order valence-corrected chi connectivity index (χ4v) is 3.52. The van der Waals surface area contributed by atoms with Crippen LogP contribution in [0.5, 0.6) is 0 Å². The van der Waals surface area contributed by atoms with Crippen molar-refractivity contribution in [3.63, 3.8) is 0 Å². The van der Waals surface area contributed by atoms with Crippen LogP contribution < -0.4 is 5.32 Å². The van der Waals surface area contributed by atoms with Crippen LogP contribution in [0.2, 0.25) is 0 Å². The number of hydrogen-bond acceptors (Lipinski definition) is 8. The lowest BCUT2D eigenvalue weighted by atomic mass is 9.94. The van der Waals surface area contributed by atoms with E-state index in [4.69, 9.17) is 24.7 Å². The minimum absolute atomic E-state index is 0.312. The fraction of sp³-hybridized carbons (Fsp3) is 0.533. The number of carbonyl (C=O) groups is 1. The average molecular weight is 425 g/mol. The van der Waals surface area contributed by atoms with Crippen LogP contribution in [0.3, 0.4) is 0 Å². The molecule has 1 heterocycles. The molecule has 0 spiro atoms. The topological polar surface area (TPSA) is 188 Å². The molecule has 1 aliphatic rings. The molecule has 0 aromatic heterocycles. The minimum atomic E-state index is -4.01. The smallest absolute Gasteiger partial charge is 0.264 e. The van der Waals surface area contributed by atoms with E-state index in [0.29, 0.717) is 5.56 Å². The van der Waals surface area contributed by atoms with Gasteiger partial charge in [-0.05, 0) is 23.2 Å². The number of hydrogen-bond donors (Lipinski definition) is 1. The van der Waals surface area contributed by atoms with Gasteiger partial charge >= 0.3 is 0 Å². The molecule has 1 N–H and O–H groups in total. The van der Waals surface area contributed by atoms with Crippen molar-refractivity contribution < 1.29 is 26.9 Å². The Hall–Kier alpha value is -2.86. The Balaban J connectivity index is 2.42. The highest BCUT2D eigenvalue weighted by Gasteiger charge is 2.48. The Bertz CT molecular complexity index is 914. The lowest BCUT2D eigenvalue weighted by Gasteiger charge is -2.43. The Labute approximate surface area is 166 Å². The van der Waals surface area contributed by atoms with Gasteiger partial charge in [0.2, 0.25) is 0 Å². The van der Waals surface area contributed by atoms with E-state index in [9.17, 15) is 13.2 Å². The van der Waals surface area contributed by atoms with Gasteiger partial charge in [0.25, 0.3) is 16.0 Å². The molecule has 1 saturated heterocycles. The predicted molar refractivity (Wildman–Crippen MR) is 100 cm³/mol. The number of rotatable bonds is 8. The number of azide groups is 2. The second-order valence-electron chi connectivity index (χ2n) is 6.02. The van der Waals surface area contributed by atoms with Gasteiger partial charge < -0.3 is 14.8 Å². The van der Waals surface area contributed by atoms with E-state index in [-0.39, 0.29) is 6.54 Å². The van der Waals surface area contributed by atoms with Crippen molar-refractivity contribution in [2.75, 3.05) is 19.9 Å². The van der Waals surface area contributed by atoms with Gasteiger partial charge in [-0.25, -0.2) is 0 Å². The summed E-state index contributed by atoms with van der Waals surface area (Å²) in [5.41, 5.74) is 17.9. The second kappa shape index (κ2) is 10.1. The molecule has 0 aliphatic carbocycles. The lowest BCUT2D eigenvalue weighted by Crippen LogP contribution is -2.64. The standard InChI is InChI=1S/C15H19N7O6S/c1-26-15-12(19-14(23)9-6-4-3-5-7-9)11(20-22-17)13(28-29(2,24)25)10(27-15)8-18-21-16/h3-7,10-13,15H,8H2,1-2H3,(H,19,23)/t10-,11-,12-,13-,15+/m0/s1. The van der Waals surface area contributed by atoms with E-state index in [0.717, 1.165) is 6.26 Å². The first-order chi connectivity index (χ1) is 13.8. The number of benzene rings is 1. The van der Waals surface area contributed by atoms with E-state index in [1.165, 1.54) is 7.11 Å². The highest BCUT2D eigenvalue weighted by Crippen LogP contribution is 2.28. The summed E-state index contributed by atoms with van der Waals surface area (Å²) in [5.74, 6) is -0.522. The number of nitrogens with zero attached hydrogens (tertiary/aromatic N) is 6. The normalized spacial score (nSPS) is 26.6. The number of nitrogens with one attached hydrogen (secondary N) is 1. The Kier molecular flexibility index (Phi) is 7.79. The average Bonchev–Trinajstić information content (AvgIpc) is 2.69. The van der Waals surface area contributed by atoms with Crippen molar-refractivity contribution in [3.8, 4) is 0 Å². The monoisotopic (exact) mass is 425 g/mol. The first-order valence-corrected chi connectivity index (χ1v) is 10.1. The van der Waals surface area contributed by atoms with Gasteiger partial charge in [0, 0.05) is 22.5 Å². The lowest BCUT2D eigenvalue weighted by molar-refractivity contribution is -0.221. The second-order valence-corrected chi connectivity index (χ2v) is 7.62. The highest BCUT2D eigenvalue weighted by atomic mass is 32.2. The maximum atomic E-state index is 12.6. The molecule has 1 aromatic rings. The van der Waals surface area contributed by atoms with Crippen LogP contribution in [0.25, 0.3) is 20.9 Å². The number of amides is 1.